The molecule has 2 rings (SSSR count). The van der Waals surface area contributed by atoms with Gasteiger partial charge >= 0.3 is 6.03 Å². The molecule has 1 N–H and O–H groups in total. The highest BCUT2D eigenvalue weighted by Crippen LogP contribution is 2.23. The summed E-state index contributed by atoms with van der Waals surface area (Å²) in [6.07, 6.45) is 1.03. The lowest BCUT2D eigenvalue weighted by Gasteiger charge is -2.26. The van der Waals surface area contributed by atoms with Crippen LogP contribution in [0.5, 0.6) is 0 Å². The summed E-state index contributed by atoms with van der Waals surface area (Å²) in [5, 5.41) is 2.85. The van der Waals surface area contributed by atoms with E-state index in [0.29, 0.717) is 6.54 Å². The van der Waals surface area contributed by atoms with Crippen molar-refractivity contribution < 1.29 is 4.79 Å². The minimum atomic E-state index is -0.0262. The Hall–Kier alpha value is -1.51. The quantitative estimate of drug-likeness (QED) is 0.723. The molecule has 0 saturated carbocycles. The van der Waals surface area contributed by atoms with Gasteiger partial charge in [0, 0.05) is 19.3 Å². The average molecular weight is 190 g/mol. The molecule has 0 aliphatic carbocycles. The van der Waals surface area contributed by atoms with Crippen LogP contribution in [-0.4, -0.2) is 18.0 Å². The van der Waals surface area contributed by atoms with Gasteiger partial charge in [0.15, 0.2) is 0 Å². The highest BCUT2D eigenvalue weighted by Gasteiger charge is 2.18. The molecule has 3 nitrogen and oxygen atoms in total. The maximum absolute atomic E-state index is 11.3. The summed E-state index contributed by atoms with van der Waals surface area (Å²) >= 11 is 0. The van der Waals surface area contributed by atoms with Crippen molar-refractivity contribution in [2.75, 3.05) is 12.4 Å². The van der Waals surface area contributed by atoms with E-state index in [2.05, 4.69) is 24.4 Å². The third-order valence-corrected chi connectivity index (χ3v) is 2.57. The fourth-order valence-electron chi connectivity index (χ4n) is 1.66. The third-order valence-electron chi connectivity index (χ3n) is 2.57. The van der Waals surface area contributed by atoms with Gasteiger partial charge < -0.3 is 10.2 Å². The minimum Gasteiger partial charge on any atom is -0.323 e. The number of hydrogen-bond donors (Lipinski definition) is 1. The van der Waals surface area contributed by atoms with Crippen LogP contribution in [0.4, 0.5) is 10.5 Å². The van der Waals surface area contributed by atoms with E-state index >= 15 is 0 Å². The van der Waals surface area contributed by atoms with E-state index in [-0.39, 0.29) is 6.03 Å². The summed E-state index contributed by atoms with van der Waals surface area (Å²) in [6.45, 7) is 2.84. The van der Waals surface area contributed by atoms with Crippen molar-refractivity contribution in [3.8, 4) is 0 Å². The molecule has 0 fully saturated rings. The first-order chi connectivity index (χ1) is 6.70. The van der Waals surface area contributed by atoms with E-state index in [1.54, 1.807) is 11.9 Å². The molecule has 1 heterocycles. The number of hydrogen-bond acceptors (Lipinski definition) is 1. The van der Waals surface area contributed by atoms with Crippen molar-refractivity contribution in [2.45, 2.75) is 19.9 Å². The highest BCUT2D eigenvalue weighted by molar-refractivity contribution is 5.92. The first-order valence-electron chi connectivity index (χ1n) is 4.84. The van der Waals surface area contributed by atoms with Crippen LogP contribution >= 0.6 is 0 Å². The van der Waals surface area contributed by atoms with E-state index < -0.39 is 0 Å². The first kappa shape index (κ1) is 9.06. The van der Waals surface area contributed by atoms with Crippen LogP contribution in [0.15, 0.2) is 18.2 Å². The van der Waals surface area contributed by atoms with Gasteiger partial charge in [-0.3, -0.25) is 0 Å². The molecule has 0 saturated heterocycles. The molecule has 0 bridgehead atoms. The van der Waals surface area contributed by atoms with Gasteiger partial charge in [-0.25, -0.2) is 4.79 Å². The second-order valence-corrected chi connectivity index (χ2v) is 3.63. The average Bonchev–Trinajstić information content (AvgIpc) is 2.19. The normalized spacial score (nSPS) is 15.0. The van der Waals surface area contributed by atoms with E-state index in [9.17, 15) is 4.79 Å². The highest BCUT2D eigenvalue weighted by atomic mass is 16.2. The van der Waals surface area contributed by atoms with Crippen molar-refractivity contribution in [2.24, 2.45) is 0 Å². The molecule has 0 aromatic heterocycles. The van der Waals surface area contributed by atoms with Crippen molar-refractivity contribution in [1.82, 2.24) is 4.90 Å². The maximum Gasteiger partial charge on any atom is 0.321 e. The standard InChI is InChI=1S/C11H14N2O/c1-3-8-4-5-10-9(6-8)7-13(2)11(14)12-10/h4-6H,3,7H2,1-2H3,(H,12,14). The van der Waals surface area contributed by atoms with Crippen molar-refractivity contribution in [3.05, 3.63) is 29.3 Å². The molecule has 0 radical (unpaired) electrons. The predicted molar refractivity (Wildman–Crippen MR) is 56.3 cm³/mol. The number of rotatable bonds is 1. The largest absolute Gasteiger partial charge is 0.323 e. The number of aryl methyl sites for hydroxylation is 1. The van der Waals surface area contributed by atoms with E-state index in [1.165, 1.54) is 11.1 Å². The summed E-state index contributed by atoms with van der Waals surface area (Å²) < 4.78 is 0. The van der Waals surface area contributed by atoms with Crippen LogP contribution in [-0.2, 0) is 13.0 Å². The summed E-state index contributed by atoms with van der Waals surface area (Å²) in [5.74, 6) is 0. The molecular formula is C11H14N2O. The van der Waals surface area contributed by atoms with Gasteiger partial charge in [0.25, 0.3) is 0 Å². The molecule has 0 atom stereocenters. The number of amides is 2. The molecule has 1 aromatic carbocycles. The number of nitrogens with zero attached hydrogens (tertiary/aromatic N) is 1. The van der Waals surface area contributed by atoms with Gasteiger partial charge in [0.05, 0.1) is 0 Å². The van der Waals surface area contributed by atoms with Gasteiger partial charge in [-0.05, 0) is 23.6 Å². The third kappa shape index (κ3) is 1.45. The molecule has 0 spiro atoms. The van der Waals surface area contributed by atoms with Gasteiger partial charge in [-0.2, -0.15) is 0 Å². The number of urea groups is 1. The lowest BCUT2D eigenvalue weighted by atomic mass is 10.1. The van der Waals surface area contributed by atoms with Crippen molar-refractivity contribution in [1.29, 1.82) is 0 Å². The zero-order valence-electron chi connectivity index (χ0n) is 8.50. The number of anilines is 1. The van der Waals surface area contributed by atoms with Gasteiger partial charge in [-0.15, -0.1) is 0 Å². The molecule has 0 unspecified atom stereocenters. The van der Waals surface area contributed by atoms with Crippen molar-refractivity contribution in [3.63, 3.8) is 0 Å². The summed E-state index contributed by atoms with van der Waals surface area (Å²) in [7, 11) is 1.80. The number of nitrogens with one attached hydrogen (secondary N) is 1. The fraction of sp³-hybridized carbons (Fsp3) is 0.364. The SMILES string of the molecule is CCc1ccc2c(c1)CN(C)C(=O)N2. The molecular weight excluding hydrogens is 176 g/mol. The smallest absolute Gasteiger partial charge is 0.321 e. The molecule has 1 aliphatic rings. The first-order valence-corrected chi connectivity index (χ1v) is 4.84. The van der Waals surface area contributed by atoms with Gasteiger partial charge in [0.2, 0.25) is 0 Å². The van der Waals surface area contributed by atoms with Crippen LogP contribution in [0.3, 0.4) is 0 Å². The maximum atomic E-state index is 11.3. The van der Waals surface area contributed by atoms with Crippen molar-refractivity contribution >= 4 is 11.7 Å². The molecule has 2 amide bonds. The fourth-order valence-corrected chi connectivity index (χ4v) is 1.66. The Morgan fingerprint density at radius 1 is 1.50 bits per heavy atom. The van der Waals surface area contributed by atoms with E-state index in [0.717, 1.165) is 12.1 Å². The Balaban J connectivity index is 2.37. The van der Waals surface area contributed by atoms with Gasteiger partial charge in [0.1, 0.15) is 0 Å². The zero-order chi connectivity index (χ0) is 10.1. The van der Waals surface area contributed by atoms with Gasteiger partial charge in [-0.1, -0.05) is 19.1 Å². The molecule has 1 aliphatic heterocycles. The lowest BCUT2D eigenvalue weighted by molar-refractivity contribution is 0.218. The van der Waals surface area contributed by atoms with Crippen LogP contribution < -0.4 is 5.32 Å². The topological polar surface area (TPSA) is 32.3 Å². The van der Waals surface area contributed by atoms with E-state index in [4.69, 9.17) is 0 Å². The number of carbonyl (C=O) groups excluding carboxylic acids is 1. The predicted octanol–water partition coefficient (Wildman–Crippen LogP) is 2.23. The van der Waals surface area contributed by atoms with Crippen LogP contribution in [0, 0.1) is 0 Å². The molecule has 74 valence electrons. The van der Waals surface area contributed by atoms with Crippen LogP contribution in [0.25, 0.3) is 0 Å². The molecule has 14 heavy (non-hydrogen) atoms. The number of fused-ring (bicyclic) bond motifs is 1. The summed E-state index contributed by atoms with van der Waals surface area (Å²) in [5.41, 5.74) is 3.46. The zero-order valence-corrected chi connectivity index (χ0v) is 8.50. The Bertz CT molecular complexity index is 374. The summed E-state index contributed by atoms with van der Waals surface area (Å²) in [6, 6.07) is 6.18. The Labute approximate surface area is 83.7 Å². The second kappa shape index (κ2) is 3.33. The Kier molecular flexibility index (Phi) is 2.15. The van der Waals surface area contributed by atoms with Crippen LogP contribution in [0.1, 0.15) is 18.1 Å². The Morgan fingerprint density at radius 2 is 2.29 bits per heavy atom. The summed E-state index contributed by atoms with van der Waals surface area (Å²) in [4.78, 5) is 13.0. The Morgan fingerprint density at radius 3 is 3.00 bits per heavy atom. The van der Waals surface area contributed by atoms with E-state index in [1.807, 2.05) is 6.07 Å². The second-order valence-electron chi connectivity index (χ2n) is 3.63. The number of carbonyl (C=O) groups is 1. The monoisotopic (exact) mass is 190 g/mol. The number of benzene rings is 1. The lowest BCUT2D eigenvalue weighted by Crippen LogP contribution is -2.35. The molecule has 3 heteroatoms. The minimum absolute atomic E-state index is 0.0262. The molecule has 1 aromatic rings. The van der Waals surface area contributed by atoms with Crippen LogP contribution in [0.2, 0.25) is 0 Å².